The van der Waals surface area contributed by atoms with Crippen molar-refractivity contribution < 1.29 is 19.4 Å². The summed E-state index contributed by atoms with van der Waals surface area (Å²) < 4.78 is 5.53. The number of amides is 1. The summed E-state index contributed by atoms with van der Waals surface area (Å²) in [7, 11) is 0. The molecule has 0 fully saturated rings. The maximum atomic E-state index is 11.0. The van der Waals surface area contributed by atoms with Gasteiger partial charge in [-0.2, -0.15) is 0 Å². The molecule has 0 spiro atoms. The lowest BCUT2D eigenvalue weighted by molar-refractivity contribution is -0.114. The van der Waals surface area contributed by atoms with E-state index < -0.39 is 5.97 Å². The van der Waals surface area contributed by atoms with E-state index >= 15 is 0 Å². The van der Waals surface area contributed by atoms with Crippen molar-refractivity contribution in [1.29, 1.82) is 0 Å². The van der Waals surface area contributed by atoms with E-state index in [1.165, 1.54) is 19.1 Å². The molecular formula is C17H18N2O4. The quantitative estimate of drug-likeness (QED) is 0.684. The Morgan fingerprint density at radius 3 is 2.43 bits per heavy atom. The first kappa shape index (κ1) is 16.4. The van der Waals surface area contributed by atoms with Gasteiger partial charge in [-0.25, -0.2) is 4.79 Å². The van der Waals surface area contributed by atoms with Crippen LogP contribution < -0.4 is 15.4 Å². The smallest absolute Gasteiger partial charge is 0.335 e. The Hall–Kier alpha value is -3.02. The van der Waals surface area contributed by atoms with Gasteiger partial charge in [-0.15, -0.1) is 0 Å². The summed E-state index contributed by atoms with van der Waals surface area (Å²) in [5.41, 5.74) is 1.83. The minimum atomic E-state index is -0.961. The molecule has 2 aromatic carbocycles. The molecular weight excluding hydrogens is 296 g/mol. The second-order valence-corrected chi connectivity index (χ2v) is 4.87. The van der Waals surface area contributed by atoms with Crippen LogP contribution in [0.25, 0.3) is 0 Å². The number of carbonyl (C=O) groups is 2. The van der Waals surface area contributed by atoms with E-state index in [4.69, 9.17) is 9.84 Å². The van der Waals surface area contributed by atoms with Crippen molar-refractivity contribution in [3.8, 4) is 5.75 Å². The fraction of sp³-hybridized carbons (Fsp3) is 0.176. The average molecular weight is 314 g/mol. The first-order chi connectivity index (χ1) is 11.0. The Balaban J connectivity index is 1.79. The van der Waals surface area contributed by atoms with Crippen LogP contribution in [-0.4, -0.2) is 30.1 Å². The number of benzene rings is 2. The summed E-state index contributed by atoms with van der Waals surface area (Å²) in [6.45, 7) is 2.46. The number of carboxylic acid groups (broad SMARTS) is 1. The van der Waals surface area contributed by atoms with Crippen LogP contribution in [-0.2, 0) is 4.79 Å². The fourth-order valence-corrected chi connectivity index (χ4v) is 1.97. The molecule has 6 heteroatoms. The van der Waals surface area contributed by atoms with Gasteiger partial charge in [-0.05, 0) is 42.5 Å². The third kappa shape index (κ3) is 5.35. The van der Waals surface area contributed by atoms with Gasteiger partial charge in [0.05, 0.1) is 5.56 Å². The number of aromatic carboxylic acids is 1. The highest BCUT2D eigenvalue weighted by atomic mass is 16.5. The predicted octanol–water partition coefficient (Wildman–Crippen LogP) is 2.83. The van der Waals surface area contributed by atoms with Gasteiger partial charge in [0.15, 0.2) is 0 Å². The van der Waals surface area contributed by atoms with Crippen molar-refractivity contribution in [1.82, 2.24) is 0 Å². The molecule has 2 aromatic rings. The van der Waals surface area contributed by atoms with Crippen molar-refractivity contribution in [2.24, 2.45) is 0 Å². The normalized spacial score (nSPS) is 9.96. The summed E-state index contributed by atoms with van der Waals surface area (Å²) in [5, 5.41) is 14.7. The lowest BCUT2D eigenvalue weighted by Gasteiger charge is -2.10. The van der Waals surface area contributed by atoms with E-state index in [2.05, 4.69) is 10.6 Å². The van der Waals surface area contributed by atoms with Crippen LogP contribution in [0.2, 0.25) is 0 Å². The van der Waals surface area contributed by atoms with Gasteiger partial charge < -0.3 is 20.5 Å². The SMILES string of the molecule is CC(=O)Nc1cccc(NCCOc2ccc(C(=O)O)cc2)c1. The molecule has 120 valence electrons. The number of ether oxygens (including phenoxy) is 1. The van der Waals surface area contributed by atoms with Crippen molar-refractivity contribution >= 4 is 23.3 Å². The lowest BCUT2D eigenvalue weighted by atomic mass is 10.2. The zero-order chi connectivity index (χ0) is 16.7. The molecule has 0 unspecified atom stereocenters. The molecule has 2 rings (SSSR count). The standard InChI is InChI=1S/C17H18N2O4/c1-12(20)19-15-4-2-3-14(11-15)18-9-10-23-16-7-5-13(6-8-16)17(21)22/h2-8,11,18H,9-10H2,1H3,(H,19,20)(H,21,22). The number of carboxylic acids is 1. The predicted molar refractivity (Wildman–Crippen MR) is 88.1 cm³/mol. The number of carbonyl (C=O) groups excluding carboxylic acids is 1. The van der Waals surface area contributed by atoms with Crippen LogP contribution in [0.15, 0.2) is 48.5 Å². The maximum absolute atomic E-state index is 11.0. The number of hydrogen-bond donors (Lipinski definition) is 3. The van der Waals surface area contributed by atoms with E-state index in [1.807, 2.05) is 24.3 Å². The molecule has 0 atom stereocenters. The van der Waals surface area contributed by atoms with Crippen LogP contribution in [0.4, 0.5) is 11.4 Å². The minimum absolute atomic E-state index is 0.115. The highest BCUT2D eigenvalue weighted by Crippen LogP contribution is 2.15. The molecule has 0 aromatic heterocycles. The van der Waals surface area contributed by atoms with Crippen molar-refractivity contribution in [3.63, 3.8) is 0 Å². The molecule has 0 aliphatic rings. The van der Waals surface area contributed by atoms with Crippen LogP contribution >= 0.6 is 0 Å². The molecule has 0 aliphatic heterocycles. The van der Waals surface area contributed by atoms with Gasteiger partial charge >= 0.3 is 5.97 Å². The fourth-order valence-electron chi connectivity index (χ4n) is 1.97. The van der Waals surface area contributed by atoms with E-state index in [0.717, 1.165) is 11.4 Å². The molecule has 0 aliphatic carbocycles. The molecule has 1 amide bonds. The van der Waals surface area contributed by atoms with Gasteiger partial charge in [0.2, 0.25) is 5.91 Å². The van der Waals surface area contributed by atoms with Gasteiger partial charge in [-0.3, -0.25) is 4.79 Å². The van der Waals surface area contributed by atoms with Crippen LogP contribution in [0, 0.1) is 0 Å². The van der Waals surface area contributed by atoms with Crippen LogP contribution in [0.1, 0.15) is 17.3 Å². The Labute approximate surface area is 134 Å². The summed E-state index contributed by atoms with van der Waals surface area (Å²) in [5.74, 6) is -0.462. The zero-order valence-electron chi connectivity index (χ0n) is 12.7. The van der Waals surface area contributed by atoms with E-state index in [-0.39, 0.29) is 11.5 Å². The summed E-state index contributed by atoms with van der Waals surface area (Å²) in [6, 6.07) is 13.6. The van der Waals surface area contributed by atoms with E-state index in [9.17, 15) is 9.59 Å². The molecule has 0 saturated heterocycles. The molecule has 0 bridgehead atoms. The summed E-state index contributed by atoms with van der Waals surface area (Å²) in [6.07, 6.45) is 0. The topological polar surface area (TPSA) is 87.7 Å². The molecule has 0 saturated carbocycles. The monoisotopic (exact) mass is 314 g/mol. The Morgan fingerprint density at radius 1 is 1.09 bits per heavy atom. The minimum Gasteiger partial charge on any atom is -0.492 e. The highest BCUT2D eigenvalue weighted by molar-refractivity contribution is 5.89. The molecule has 3 N–H and O–H groups in total. The number of nitrogens with one attached hydrogen (secondary N) is 2. The molecule has 23 heavy (non-hydrogen) atoms. The second-order valence-electron chi connectivity index (χ2n) is 4.87. The average Bonchev–Trinajstić information content (AvgIpc) is 2.52. The van der Waals surface area contributed by atoms with Gasteiger partial charge in [-0.1, -0.05) is 6.07 Å². The van der Waals surface area contributed by atoms with E-state index in [0.29, 0.717) is 18.9 Å². The summed E-state index contributed by atoms with van der Waals surface area (Å²) in [4.78, 5) is 21.8. The largest absolute Gasteiger partial charge is 0.492 e. The third-order valence-electron chi connectivity index (χ3n) is 2.98. The molecule has 0 heterocycles. The second kappa shape index (κ2) is 7.84. The molecule has 6 nitrogen and oxygen atoms in total. The van der Waals surface area contributed by atoms with Gasteiger partial charge in [0, 0.05) is 24.8 Å². The van der Waals surface area contributed by atoms with Gasteiger partial charge in [0.1, 0.15) is 12.4 Å². The Morgan fingerprint density at radius 2 is 1.78 bits per heavy atom. The number of rotatable bonds is 7. The first-order valence-electron chi connectivity index (χ1n) is 7.12. The number of hydrogen-bond acceptors (Lipinski definition) is 4. The van der Waals surface area contributed by atoms with Gasteiger partial charge in [0.25, 0.3) is 0 Å². The Kier molecular flexibility index (Phi) is 5.57. The number of anilines is 2. The summed E-state index contributed by atoms with van der Waals surface area (Å²) >= 11 is 0. The van der Waals surface area contributed by atoms with Crippen molar-refractivity contribution in [3.05, 3.63) is 54.1 Å². The molecule has 0 radical (unpaired) electrons. The highest BCUT2D eigenvalue weighted by Gasteiger charge is 2.02. The third-order valence-corrected chi connectivity index (χ3v) is 2.98. The van der Waals surface area contributed by atoms with Crippen LogP contribution in [0.3, 0.4) is 0 Å². The van der Waals surface area contributed by atoms with Crippen molar-refractivity contribution in [2.45, 2.75) is 6.92 Å². The van der Waals surface area contributed by atoms with E-state index in [1.54, 1.807) is 12.1 Å². The first-order valence-corrected chi connectivity index (χ1v) is 7.12. The zero-order valence-corrected chi connectivity index (χ0v) is 12.7. The Bertz CT molecular complexity index is 683. The van der Waals surface area contributed by atoms with Crippen LogP contribution in [0.5, 0.6) is 5.75 Å². The lowest BCUT2D eigenvalue weighted by Crippen LogP contribution is -2.12. The maximum Gasteiger partial charge on any atom is 0.335 e. The van der Waals surface area contributed by atoms with Crippen molar-refractivity contribution in [2.75, 3.05) is 23.8 Å².